The van der Waals surface area contributed by atoms with Crippen LogP contribution in [0.1, 0.15) is 20.3 Å². The molecule has 3 nitrogen and oxygen atoms in total. The van der Waals surface area contributed by atoms with Gasteiger partial charge in [-0.2, -0.15) is 0 Å². The predicted molar refractivity (Wildman–Crippen MR) is 70.5 cm³/mol. The summed E-state index contributed by atoms with van der Waals surface area (Å²) in [5, 5.41) is 5.59. The van der Waals surface area contributed by atoms with Crippen LogP contribution in [0.5, 0.6) is 0 Å². The molecular weight excluding hydrogens is 287 g/mol. The van der Waals surface area contributed by atoms with Crippen molar-refractivity contribution in [2.45, 2.75) is 26.3 Å². The molecule has 0 aliphatic heterocycles. The largest absolute Gasteiger partial charge is 0.322 e. The molecule has 0 bridgehead atoms. The Morgan fingerprint density at radius 2 is 2.24 bits per heavy atom. The van der Waals surface area contributed by atoms with E-state index in [1.54, 1.807) is 13.0 Å². The van der Waals surface area contributed by atoms with Crippen LogP contribution in [0.25, 0.3) is 0 Å². The van der Waals surface area contributed by atoms with Crippen LogP contribution >= 0.6 is 15.9 Å². The Balaban J connectivity index is 2.61. The summed E-state index contributed by atoms with van der Waals surface area (Å²) in [6.45, 7) is 4.53. The first-order chi connectivity index (χ1) is 8.04. The molecule has 0 aromatic heterocycles. The molecule has 1 aromatic carbocycles. The third-order valence-corrected chi connectivity index (χ3v) is 2.78. The third kappa shape index (κ3) is 4.44. The van der Waals surface area contributed by atoms with Crippen molar-refractivity contribution in [3.8, 4) is 0 Å². The lowest BCUT2D eigenvalue weighted by Gasteiger charge is -2.13. The van der Waals surface area contributed by atoms with Gasteiger partial charge in [0, 0.05) is 4.47 Å². The van der Waals surface area contributed by atoms with Crippen molar-refractivity contribution in [2.24, 2.45) is 0 Å². The lowest BCUT2D eigenvalue weighted by atomic mass is 10.2. The molecule has 0 aliphatic carbocycles. The van der Waals surface area contributed by atoms with Gasteiger partial charge in [0.25, 0.3) is 0 Å². The zero-order valence-electron chi connectivity index (χ0n) is 9.89. The van der Waals surface area contributed by atoms with Gasteiger partial charge < -0.3 is 10.6 Å². The van der Waals surface area contributed by atoms with E-state index < -0.39 is 5.82 Å². The highest BCUT2D eigenvalue weighted by molar-refractivity contribution is 9.10. The van der Waals surface area contributed by atoms with Crippen LogP contribution in [0.2, 0.25) is 0 Å². The Bertz CT molecular complexity index is 398. The van der Waals surface area contributed by atoms with Crippen LogP contribution in [0.3, 0.4) is 0 Å². The van der Waals surface area contributed by atoms with Crippen molar-refractivity contribution in [3.63, 3.8) is 0 Å². The minimum absolute atomic E-state index is 0.198. The number of carbonyl (C=O) groups is 1. The van der Waals surface area contributed by atoms with Crippen LogP contribution in [0, 0.1) is 5.82 Å². The molecule has 0 saturated heterocycles. The molecule has 1 aromatic rings. The normalized spacial score (nSPS) is 12.2. The Hall–Kier alpha value is -0.940. The fraction of sp³-hybridized carbons (Fsp3) is 0.417. The van der Waals surface area contributed by atoms with Gasteiger partial charge in [0.2, 0.25) is 5.91 Å². The fourth-order valence-corrected chi connectivity index (χ4v) is 1.62. The van der Waals surface area contributed by atoms with E-state index in [2.05, 4.69) is 26.6 Å². The van der Waals surface area contributed by atoms with E-state index >= 15 is 0 Å². The molecule has 17 heavy (non-hydrogen) atoms. The maximum atomic E-state index is 13.5. The molecule has 0 heterocycles. The molecule has 94 valence electrons. The van der Waals surface area contributed by atoms with Crippen molar-refractivity contribution in [1.29, 1.82) is 0 Å². The van der Waals surface area contributed by atoms with E-state index in [4.69, 9.17) is 0 Å². The van der Waals surface area contributed by atoms with E-state index in [1.807, 2.05) is 6.92 Å². The molecule has 0 spiro atoms. The van der Waals surface area contributed by atoms with E-state index in [0.717, 1.165) is 13.0 Å². The fourth-order valence-electron chi connectivity index (χ4n) is 1.29. The Labute approximate surface area is 109 Å². The molecule has 1 unspecified atom stereocenters. The van der Waals surface area contributed by atoms with Crippen molar-refractivity contribution in [3.05, 3.63) is 28.5 Å². The average Bonchev–Trinajstić information content (AvgIpc) is 2.29. The molecule has 0 fully saturated rings. The summed E-state index contributed by atoms with van der Waals surface area (Å²) in [5.41, 5.74) is 0.198. The molecule has 1 amide bonds. The van der Waals surface area contributed by atoms with Crippen molar-refractivity contribution >= 4 is 27.5 Å². The van der Waals surface area contributed by atoms with Crippen molar-refractivity contribution < 1.29 is 9.18 Å². The second-order valence-electron chi connectivity index (χ2n) is 3.79. The first kappa shape index (κ1) is 14.1. The number of hydrogen-bond acceptors (Lipinski definition) is 2. The first-order valence-electron chi connectivity index (χ1n) is 5.54. The third-order valence-electron chi connectivity index (χ3n) is 2.28. The Kier molecular flexibility index (Phi) is 5.58. The standard InChI is InChI=1S/C12H16BrFN2O/c1-3-6-15-8(2)12(17)16-11-5-4-9(13)7-10(11)14/h4-5,7-8,15H,3,6H2,1-2H3,(H,16,17). The minimum atomic E-state index is -0.449. The summed E-state index contributed by atoms with van der Waals surface area (Å²) in [7, 11) is 0. The molecule has 1 atom stereocenters. The topological polar surface area (TPSA) is 41.1 Å². The van der Waals surface area contributed by atoms with Gasteiger partial charge in [0.05, 0.1) is 11.7 Å². The first-order valence-corrected chi connectivity index (χ1v) is 6.33. The molecule has 2 N–H and O–H groups in total. The van der Waals surface area contributed by atoms with Crippen molar-refractivity contribution in [1.82, 2.24) is 5.32 Å². The SMILES string of the molecule is CCCNC(C)C(=O)Nc1ccc(Br)cc1F. The van der Waals surface area contributed by atoms with E-state index in [-0.39, 0.29) is 17.6 Å². The Morgan fingerprint density at radius 3 is 2.82 bits per heavy atom. The molecule has 1 rings (SSSR count). The van der Waals surface area contributed by atoms with Crippen LogP contribution in [0.15, 0.2) is 22.7 Å². The van der Waals surface area contributed by atoms with Gasteiger partial charge in [-0.1, -0.05) is 22.9 Å². The number of amides is 1. The summed E-state index contributed by atoms with van der Waals surface area (Å²) in [5.74, 6) is -0.685. The predicted octanol–water partition coefficient (Wildman–Crippen LogP) is 2.91. The zero-order valence-corrected chi connectivity index (χ0v) is 11.5. The summed E-state index contributed by atoms with van der Waals surface area (Å²) in [4.78, 5) is 11.7. The second kappa shape index (κ2) is 6.71. The number of halogens is 2. The summed E-state index contributed by atoms with van der Waals surface area (Å²) < 4.78 is 14.1. The number of nitrogens with one attached hydrogen (secondary N) is 2. The highest BCUT2D eigenvalue weighted by atomic mass is 79.9. The van der Waals surface area contributed by atoms with Crippen molar-refractivity contribution in [2.75, 3.05) is 11.9 Å². The number of hydrogen-bond donors (Lipinski definition) is 2. The lowest BCUT2D eigenvalue weighted by Crippen LogP contribution is -2.38. The van der Waals surface area contributed by atoms with Gasteiger partial charge in [-0.15, -0.1) is 0 Å². The maximum absolute atomic E-state index is 13.5. The van der Waals surface area contributed by atoms with E-state index in [9.17, 15) is 9.18 Å². The molecule has 5 heteroatoms. The van der Waals surface area contributed by atoms with Gasteiger partial charge in [0.15, 0.2) is 0 Å². The second-order valence-corrected chi connectivity index (χ2v) is 4.70. The quantitative estimate of drug-likeness (QED) is 0.878. The highest BCUT2D eigenvalue weighted by Crippen LogP contribution is 2.19. The monoisotopic (exact) mass is 302 g/mol. The Morgan fingerprint density at radius 1 is 1.53 bits per heavy atom. The summed E-state index contributed by atoms with van der Waals surface area (Å²) in [6, 6.07) is 4.20. The average molecular weight is 303 g/mol. The molecule has 0 radical (unpaired) electrons. The zero-order chi connectivity index (χ0) is 12.8. The van der Waals surface area contributed by atoms with Gasteiger partial charge >= 0.3 is 0 Å². The van der Waals surface area contributed by atoms with E-state index in [1.165, 1.54) is 12.1 Å². The summed E-state index contributed by atoms with van der Waals surface area (Å²) >= 11 is 3.16. The van der Waals surface area contributed by atoms with E-state index in [0.29, 0.717) is 4.47 Å². The van der Waals surface area contributed by atoms with Gasteiger partial charge in [-0.3, -0.25) is 4.79 Å². The van der Waals surface area contributed by atoms with Gasteiger partial charge in [-0.25, -0.2) is 4.39 Å². The van der Waals surface area contributed by atoms with Crippen LogP contribution in [-0.4, -0.2) is 18.5 Å². The minimum Gasteiger partial charge on any atom is -0.322 e. The highest BCUT2D eigenvalue weighted by Gasteiger charge is 2.13. The molecular formula is C12H16BrFN2O. The van der Waals surface area contributed by atoms with Crippen LogP contribution in [-0.2, 0) is 4.79 Å². The van der Waals surface area contributed by atoms with Crippen LogP contribution < -0.4 is 10.6 Å². The van der Waals surface area contributed by atoms with Crippen LogP contribution in [0.4, 0.5) is 10.1 Å². The number of benzene rings is 1. The van der Waals surface area contributed by atoms with Gasteiger partial charge in [-0.05, 0) is 38.1 Å². The smallest absolute Gasteiger partial charge is 0.241 e. The number of rotatable bonds is 5. The maximum Gasteiger partial charge on any atom is 0.241 e. The summed E-state index contributed by atoms with van der Waals surface area (Å²) in [6.07, 6.45) is 0.949. The molecule has 0 saturated carbocycles. The molecule has 0 aliphatic rings. The number of carbonyl (C=O) groups excluding carboxylic acids is 1. The van der Waals surface area contributed by atoms with Gasteiger partial charge in [0.1, 0.15) is 5.82 Å². The number of anilines is 1. The lowest BCUT2D eigenvalue weighted by molar-refractivity contribution is -0.117.